The molecular weight excluding hydrogens is 666 g/mol. The van der Waals surface area contributed by atoms with Crippen molar-refractivity contribution in [3.63, 3.8) is 0 Å². The van der Waals surface area contributed by atoms with E-state index in [1.807, 2.05) is 61.7 Å². The molecule has 3 aliphatic rings. The molecule has 1 spiro atoms. The molecule has 1 unspecified atom stereocenters. The molecule has 0 aliphatic carbocycles. The number of aryl methyl sites for hydroxylation is 1. The molecule has 0 saturated carbocycles. The van der Waals surface area contributed by atoms with Gasteiger partial charge in [-0.2, -0.15) is 0 Å². The number of ether oxygens (including phenoxy) is 2. The summed E-state index contributed by atoms with van der Waals surface area (Å²) >= 11 is 0. The maximum atomic E-state index is 16.5. The van der Waals surface area contributed by atoms with Gasteiger partial charge in [0, 0.05) is 42.0 Å². The van der Waals surface area contributed by atoms with Crippen LogP contribution in [0.3, 0.4) is 0 Å². The molecule has 3 aliphatic heterocycles. The zero-order valence-corrected chi connectivity index (χ0v) is 31.5. The number of amides is 2. The number of allylic oxidation sites excluding steroid dienone is 3. The van der Waals surface area contributed by atoms with Gasteiger partial charge in [-0.3, -0.25) is 14.4 Å². The van der Waals surface area contributed by atoms with Gasteiger partial charge in [0.2, 0.25) is 8.41 Å². The number of halogens is 1. The number of carbonyl (C=O) groups is 2. The zero-order chi connectivity index (χ0) is 36.5. The van der Waals surface area contributed by atoms with Crippen molar-refractivity contribution in [1.29, 1.82) is 0 Å². The van der Waals surface area contributed by atoms with E-state index in [-0.39, 0.29) is 25.0 Å². The predicted octanol–water partition coefficient (Wildman–Crippen LogP) is 7.26. The fourth-order valence-corrected chi connectivity index (χ4v) is 10.7. The zero-order valence-electron chi connectivity index (χ0n) is 30.5. The smallest absolute Gasteiger partial charge is 0.414 e. The third-order valence-corrected chi connectivity index (χ3v) is 13.1. The first kappa shape index (κ1) is 36.7. The molecule has 3 aromatic rings. The minimum absolute atomic E-state index is 0.114. The number of aliphatic hydroxyl groups excluding tert-OH is 1. The quantitative estimate of drug-likeness (QED) is 0.113. The maximum absolute atomic E-state index is 16.5. The highest BCUT2D eigenvalue weighted by atomic mass is 28.4. The van der Waals surface area contributed by atoms with E-state index in [4.69, 9.17) is 9.47 Å². The number of hydrogen-bond acceptors (Lipinski definition) is 7. The number of fused-ring (bicyclic) bond motifs is 2. The summed E-state index contributed by atoms with van der Waals surface area (Å²) in [6, 6.07) is 15.3. The summed E-state index contributed by atoms with van der Waals surface area (Å²) < 4.78 is 30.4. The minimum Gasteiger partial charge on any atom is -0.447 e. The van der Waals surface area contributed by atoms with Crippen LogP contribution < -0.4 is 9.80 Å². The van der Waals surface area contributed by atoms with Crippen molar-refractivity contribution in [3.05, 3.63) is 94.8 Å². The number of hydrogen-bond donors (Lipinski definition) is 1. The molecule has 5 atom stereocenters. The molecule has 0 bridgehead atoms. The van der Waals surface area contributed by atoms with Crippen LogP contribution in [-0.2, 0) is 26.4 Å². The molecule has 272 valence electrons. The molecule has 2 aromatic carbocycles. The summed E-state index contributed by atoms with van der Waals surface area (Å²) in [7, 11) is -3.40. The van der Waals surface area contributed by atoms with Crippen LogP contribution in [0.1, 0.15) is 69.7 Å². The van der Waals surface area contributed by atoms with Gasteiger partial charge in [0.05, 0.1) is 36.6 Å². The standard InChI is InChI=1S/C39H50FN5O5Si/c1-26(2)11-10-12-27(3)17-20-45-34-16-15-30(44-21-22-49-38(44)48)23-32(34)39(37(45)47)28(4)36(51(5,6)40)35(50-39)18-19-43-24-33(41-42-43)31(25-46)29-13-8-7-9-14-29/h7-9,11,13-17,23-24,28,31,35-36,46H,10,12,18-22,25H2,1-6H3/b27-17+/t28-,31?,35+,36-,39+/m1/s1. The topological polar surface area (TPSA) is 110 Å². The highest BCUT2D eigenvalue weighted by Gasteiger charge is 2.66. The Labute approximate surface area is 301 Å². The summed E-state index contributed by atoms with van der Waals surface area (Å²) in [5.41, 5.74) is 4.11. The number of rotatable bonds is 13. The van der Waals surface area contributed by atoms with Gasteiger partial charge in [0.25, 0.3) is 5.91 Å². The molecule has 0 radical (unpaired) electrons. The average Bonchev–Trinajstić information content (AvgIpc) is 3.85. The molecule has 4 heterocycles. The number of carbonyl (C=O) groups excluding carboxylic acids is 2. The molecule has 10 nitrogen and oxygen atoms in total. The van der Waals surface area contributed by atoms with Crippen LogP contribution in [-0.4, -0.2) is 72.9 Å². The third kappa shape index (κ3) is 7.18. The van der Waals surface area contributed by atoms with Crippen LogP contribution in [0.15, 0.2) is 78.0 Å². The predicted molar refractivity (Wildman–Crippen MR) is 198 cm³/mol. The largest absolute Gasteiger partial charge is 0.447 e. The fraction of sp³-hybridized carbons (Fsp3) is 0.487. The number of aliphatic hydroxyl groups is 1. The molecule has 1 N–H and O–H groups in total. The lowest BCUT2D eigenvalue weighted by Gasteiger charge is -2.31. The molecule has 12 heteroatoms. The van der Waals surface area contributed by atoms with E-state index in [0.29, 0.717) is 48.7 Å². The van der Waals surface area contributed by atoms with Gasteiger partial charge in [-0.05, 0) is 76.9 Å². The van der Waals surface area contributed by atoms with Crippen molar-refractivity contribution < 1.29 is 28.3 Å². The number of anilines is 2. The molecule has 2 saturated heterocycles. The Morgan fingerprint density at radius 3 is 2.57 bits per heavy atom. The highest BCUT2D eigenvalue weighted by molar-refractivity contribution is 6.72. The second-order valence-electron chi connectivity index (χ2n) is 14.9. The van der Waals surface area contributed by atoms with Crippen LogP contribution in [0.25, 0.3) is 0 Å². The van der Waals surface area contributed by atoms with E-state index in [2.05, 4.69) is 43.2 Å². The van der Waals surface area contributed by atoms with Gasteiger partial charge in [0.1, 0.15) is 6.61 Å². The van der Waals surface area contributed by atoms with Crippen LogP contribution in [0, 0.1) is 5.92 Å². The van der Waals surface area contributed by atoms with Crippen molar-refractivity contribution in [2.75, 3.05) is 36.1 Å². The second-order valence-corrected chi connectivity index (χ2v) is 18.7. The Bertz CT molecular complexity index is 1800. The van der Waals surface area contributed by atoms with Crippen molar-refractivity contribution >= 4 is 31.8 Å². The number of nitrogens with zero attached hydrogens (tertiary/aromatic N) is 5. The summed E-state index contributed by atoms with van der Waals surface area (Å²) in [4.78, 5) is 30.8. The van der Waals surface area contributed by atoms with E-state index in [0.717, 1.165) is 18.4 Å². The Hall–Kier alpha value is -4.13. The van der Waals surface area contributed by atoms with Crippen LogP contribution in [0.4, 0.5) is 20.3 Å². The molecule has 6 rings (SSSR count). The second kappa shape index (κ2) is 14.8. The maximum Gasteiger partial charge on any atom is 0.414 e. The molecule has 2 fully saturated rings. The van der Waals surface area contributed by atoms with Gasteiger partial charge in [-0.25, -0.2) is 4.79 Å². The average molecular weight is 716 g/mol. The lowest BCUT2D eigenvalue weighted by Crippen LogP contribution is -2.45. The molecule has 51 heavy (non-hydrogen) atoms. The fourth-order valence-electron chi connectivity index (χ4n) is 8.12. The summed E-state index contributed by atoms with van der Waals surface area (Å²) in [5.74, 6) is -1.000. The van der Waals surface area contributed by atoms with E-state index in [1.165, 1.54) is 11.1 Å². The van der Waals surface area contributed by atoms with E-state index in [9.17, 15) is 14.7 Å². The summed E-state index contributed by atoms with van der Waals surface area (Å²) in [6.45, 7) is 12.9. The first-order valence-electron chi connectivity index (χ1n) is 18.0. The lowest BCUT2D eigenvalue weighted by molar-refractivity contribution is -0.145. The first-order chi connectivity index (χ1) is 24.3. The first-order valence-corrected chi connectivity index (χ1v) is 20.9. The Morgan fingerprint density at radius 1 is 1.14 bits per heavy atom. The van der Waals surface area contributed by atoms with E-state index >= 15 is 4.11 Å². The van der Waals surface area contributed by atoms with Crippen LogP contribution in [0.5, 0.6) is 0 Å². The Morgan fingerprint density at radius 2 is 1.90 bits per heavy atom. The monoisotopic (exact) mass is 715 g/mol. The number of benzene rings is 2. The normalized spacial score (nSPS) is 24.0. The van der Waals surface area contributed by atoms with E-state index < -0.39 is 37.7 Å². The van der Waals surface area contributed by atoms with Gasteiger partial charge >= 0.3 is 6.09 Å². The summed E-state index contributed by atoms with van der Waals surface area (Å²) in [6.07, 6.45) is 7.34. The summed E-state index contributed by atoms with van der Waals surface area (Å²) in [5, 5.41) is 18.9. The van der Waals surface area contributed by atoms with Crippen molar-refractivity contribution in [3.8, 4) is 0 Å². The number of aromatic nitrogens is 3. The van der Waals surface area contributed by atoms with E-state index in [1.54, 1.807) is 27.6 Å². The third-order valence-electron chi connectivity index (χ3n) is 10.7. The van der Waals surface area contributed by atoms with Gasteiger partial charge in [-0.15, -0.1) is 5.10 Å². The Kier molecular flexibility index (Phi) is 10.7. The van der Waals surface area contributed by atoms with Gasteiger partial charge in [-0.1, -0.05) is 65.8 Å². The lowest BCUT2D eigenvalue weighted by atomic mass is 9.82. The minimum atomic E-state index is -3.40. The molecule has 2 amide bonds. The van der Waals surface area contributed by atoms with Crippen LogP contribution >= 0.6 is 0 Å². The van der Waals surface area contributed by atoms with Crippen molar-refractivity contribution in [2.45, 2.75) is 89.8 Å². The highest BCUT2D eigenvalue weighted by Crippen LogP contribution is 2.60. The molecule has 1 aromatic heterocycles. The molecular formula is C39H50FN5O5Si. The van der Waals surface area contributed by atoms with Gasteiger partial charge < -0.3 is 23.6 Å². The van der Waals surface area contributed by atoms with Crippen LogP contribution in [0.2, 0.25) is 18.6 Å². The van der Waals surface area contributed by atoms with Crippen molar-refractivity contribution in [2.24, 2.45) is 5.92 Å². The number of cyclic esters (lactones) is 1. The van der Waals surface area contributed by atoms with Gasteiger partial charge in [0.15, 0.2) is 5.60 Å². The van der Waals surface area contributed by atoms with Crippen molar-refractivity contribution in [1.82, 2.24) is 15.0 Å². The Balaban J connectivity index is 1.32. The SMILES string of the molecule is CC(C)=CCC/C(C)=C/CN1C(=O)[C@@]2(O[C@@H](CCn3cc(C(CO)c4ccccc4)nn3)[C@H]([Si](C)(C)F)[C@H]2C)c2cc(N3CCOC3=O)ccc21.